The number of rotatable bonds is 7. The third-order valence-electron chi connectivity index (χ3n) is 3.87. The molecule has 25 heavy (non-hydrogen) atoms. The first-order chi connectivity index (χ1) is 12.1. The number of nitrogens with one attached hydrogen (secondary N) is 3. The Morgan fingerprint density at radius 1 is 1.20 bits per heavy atom. The molecule has 1 atom stereocenters. The lowest BCUT2D eigenvalue weighted by Gasteiger charge is -2.15. The van der Waals surface area contributed by atoms with E-state index in [1.54, 1.807) is 25.4 Å². The first-order valence-electron chi connectivity index (χ1n) is 8.40. The van der Waals surface area contributed by atoms with Gasteiger partial charge in [0.15, 0.2) is 5.96 Å². The van der Waals surface area contributed by atoms with Crippen molar-refractivity contribution in [3.05, 3.63) is 57.8 Å². The van der Waals surface area contributed by atoms with Crippen LogP contribution in [0.1, 0.15) is 27.7 Å². The summed E-state index contributed by atoms with van der Waals surface area (Å²) in [7, 11) is 3.40. The SMILES string of the molecule is CN=C(NCc1ccc(C(=O)NC)cc1)NCC(C)Cc1cccs1. The number of aliphatic imine (C=N–C) groups is 1. The van der Waals surface area contributed by atoms with Gasteiger partial charge in [-0.15, -0.1) is 11.3 Å². The minimum absolute atomic E-state index is 0.0725. The highest BCUT2D eigenvalue weighted by Crippen LogP contribution is 2.13. The summed E-state index contributed by atoms with van der Waals surface area (Å²) in [5.74, 6) is 1.24. The van der Waals surface area contributed by atoms with Gasteiger partial charge in [-0.3, -0.25) is 9.79 Å². The number of thiophene rings is 1. The number of carbonyl (C=O) groups is 1. The second kappa shape index (κ2) is 9.84. The van der Waals surface area contributed by atoms with Crippen molar-refractivity contribution in [3.63, 3.8) is 0 Å². The summed E-state index contributed by atoms with van der Waals surface area (Å²) in [6.07, 6.45) is 1.07. The Kier molecular flexibility index (Phi) is 7.47. The maximum atomic E-state index is 11.5. The first kappa shape index (κ1) is 19.0. The number of carbonyl (C=O) groups excluding carboxylic acids is 1. The smallest absolute Gasteiger partial charge is 0.251 e. The third-order valence-corrected chi connectivity index (χ3v) is 4.77. The quantitative estimate of drug-likeness (QED) is 0.527. The van der Waals surface area contributed by atoms with Crippen LogP contribution >= 0.6 is 11.3 Å². The molecule has 0 aliphatic heterocycles. The predicted octanol–water partition coefficient (Wildman–Crippen LogP) is 2.65. The molecule has 1 aromatic carbocycles. The number of guanidine groups is 1. The number of hydrogen-bond donors (Lipinski definition) is 3. The van der Waals surface area contributed by atoms with Gasteiger partial charge < -0.3 is 16.0 Å². The maximum Gasteiger partial charge on any atom is 0.251 e. The van der Waals surface area contributed by atoms with Crippen LogP contribution in [-0.4, -0.2) is 32.5 Å². The lowest BCUT2D eigenvalue weighted by atomic mass is 10.1. The highest BCUT2D eigenvalue weighted by molar-refractivity contribution is 7.09. The van der Waals surface area contributed by atoms with Gasteiger partial charge in [-0.1, -0.05) is 25.1 Å². The van der Waals surface area contributed by atoms with Crippen LogP contribution in [0.5, 0.6) is 0 Å². The van der Waals surface area contributed by atoms with Crippen LogP contribution in [-0.2, 0) is 13.0 Å². The summed E-state index contributed by atoms with van der Waals surface area (Å²) in [6.45, 7) is 3.76. The molecule has 1 unspecified atom stereocenters. The zero-order valence-corrected chi connectivity index (χ0v) is 15.8. The van der Waals surface area contributed by atoms with Gasteiger partial charge in [0.1, 0.15) is 0 Å². The van der Waals surface area contributed by atoms with Crippen LogP contribution in [0.2, 0.25) is 0 Å². The van der Waals surface area contributed by atoms with E-state index in [9.17, 15) is 4.79 Å². The van der Waals surface area contributed by atoms with Crippen molar-refractivity contribution in [1.29, 1.82) is 0 Å². The Hall–Kier alpha value is -2.34. The molecule has 1 aromatic heterocycles. The van der Waals surface area contributed by atoms with Gasteiger partial charge in [0.25, 0.3) is 5.91 Å². The largest absolute Gasteiger partial charge is 0.356 e. The van der Waals surface area contributed by atoms with Gasteiger partial charge in [0.05, 0.1) is 0 Å². The molecule has 1 heterocycles. The third kappa shape index (κ3) is 6.23. The van der Waals surface area contributed by atoms with Crippen molar-refractivity contribution in [2.45, 2.75) is 19.9 Å². The van der Waals surface area contributed by atoms with Gasteiger partial charge in [-0.05, 0) is 41.5 Å². The average molecular weight is 359 g/mol. The highest BCUT2D eigenvalue weighted by Gasteiger charge is 2.07. The Morgan fingerprint density at radius 2 is 1.96 bits per heavy atom. The summed E-state index contributed by atoms with van der Waals surface area (Å²) in [4.78, 5) is 17.2. The summed E-state index contributed by atoms with van der Waals surface area (Å²) in [5.41, 5.74) is 1.76. The van der Waals surface area contributed by atoms with Gasteiger partial charge >= 0.3 is 0 Å². The summed E-state index contributed by atoms with van der Waals surface area (Å²) < 4.78 is 0. The number of amides is 1. The second-order valence-electron chi connectivity index (χ2n) is 5.97. The molecule has 0 radical (unpaired) electrons. The summed E-state index contributed by atoms with van der Waals surface area (Å²) >= 11 is 1.80. The van der Waals surface area contributed by atoms with E-state index in [1.807, 2.05) is 24.3 Å². The van der Waals surface area contributed by atoms with E-state index in [0.717, 1.165) is 24.5 Å². The van der Waals surface area contributed by atoms with Crippen molar-refractivity contribution < 1.29 is 4.79 Å². The topological polar surface area (TPSA) is 65.5 Å². The molecule has 5 nitrogen and oxygen atoms in total. The molecule has 6 heteroatoms. The van der Waals surface area contributed by atoms with Crippen molar-refractivity contribution in [1.82, 2.24) is 16.0 Å². The lowest BCUT2D eigenvalue weighted by Crippen LogP contribution is -2.39. The molecule has 0 aliphatic carbocycles. The van der Waals surface area contributed by atoms with Crippen molar-refractivity contribution >= 4 is 23.2 Å². The van der Waals surface area contributed by atoms with E-state index in [2.05, 4.69) is 45.4 Å². The lowest BCUT2D eigenvalue weighted by molar-refractivity contribution is 0.0963. The molecule has 2 rings (SSSR count). The molecule has 0 saturated heterocycles. The fraction of sp³-hybridized carbons (Fsp3) is 0.368. The van der Waals surface area contributed by atoms with E-state index in [4.69, 9.17) is 0 Å². The minimum Gasteiger partial charge on any atom is -0.356 e. The van der Waals surface area contributed by atoms with Crippen LogP contribution in [0.3, 0.4) is 0 Å². The Bertz CT molecular complexity index is 680. The molecule has 0 aliphatic rings. The first-order valence-corrected chi connectivity index (χ1v) is 9.28. The molecule has 134 valence electrons. The zero-order valence-electron chi connectivity index (χ0n) is 15.0. The minimum atomic E-state index is -0.0725. The molecule has 1 amide bonds. The molecule has 0 bridgehead atoms. The fourth-order valence-corrected chi connectivity index (χ4v) is 3.31. The van der Waals surface area contributed by atoms with Crippen LogP contribution < -0.4 is 16.0 Å². The molecule has 0 fully saturated rings. The van der Waals surface area contributed by atoms with E-state index >= 15 is 0 Å². The average Bonchev–Trinajstić information content (AvgIpc) is 3.14. The van der Waals surface area contributed by atoms with Crippen LogP contribution in [0, 0.1) is 5.92 Å². The second-order valence-corrected chi connectivity index (χ2v) is 7.00. The van der Waals surface area contributed by atoms with Crippen molar-refractivity contribution in [3.8, 4) is 0 Å². The predicted molar refractivity (Wildman–Crippen MR) is 105 cm³/mol. The summed E-state index contributed by atoms with van der Waals surface area (Å²) in [5, 5.41) is 11.4. The van der Waals surface area contributed by atoms with E-state index < -0.39 is 0 Å². The normalized spacial score (nSPS) is 12.5. The highest BCUT2D eigenvalue weighted by atomic mass is 32.1. The number of nitrogens with zero attached hydrogens (tertiary/aromatic N) is 1. The monoisotopic (exact) mass is 358 g/mol. The van der Waals surface area contributed by atoms with E-state index in [0.29, 0.717) is 18.0 Å². The number of hydrogen-bond acceptors (Lipinski definition) is 3. The van der Waals surface area contributed by atoms with Crippen molar-refractivity contribution in [2.75, 3.05) is 20.6 Å². The fourth-order valence-electron chi connectivity index (χ4n) is 2.44. The Balaban J connectivity index is 1.77. The van der Waals surface area contributed by atoms with Crippen LogP contribution in [0.15, 0.2) is 46.8 Å². The van der Waals surface area contributed by atoms with Gasteiger partial charge in [0, 0.05) is 37.6 Å². The standard InChI is InChI=1S/C19H26N4OS/c1-14(11-17-5-4-10-25-17)12-22-19(21-3)23-13-15-6-8-16(9-7-15)18(24)20-2/h4-10,14H,11-13H2,1-3H3,(H,20,24)(H2,21,22,23). The van der Waals surface area contributed by atoms with E-state index in [-0.39, 0.29) is 5.91 Å². The Labute approximate surface area is 153 Å². The van der Waals surface area contributed by atoms with Gasteiger partial charge in [-0.25, -0.2) is 0 Å². The number of benzene rings is 1. The molecule has 0 saturated carbocycles. The molecule has 0 spiro atoms. The van der Waals surface area contributed by atoms with Gasteiger partial charge in [-0.2, -0.15) is 0 Å². The maximum absolute atomic E-state index is 11.5. The molecular weight excluding hydrogens is 332 g/mol. The van der Waals surface area contributed by atoms with E-state index in [1.165, 1.54) is 4.88 Å². The van der Waals surface area contributed by atoms with Crippen LogP contribution in [0.25, 0.3) is 0 Å². The van der Waals surface area contributed by atoms with Crippen molar-refractivity contribution in [2.24, 2.45) is 10.9 Å². The molecule has 3 N–H and O–H groups in total. The molecule has 2 aromatic rings. The Morgan fingerprint density at radius 3 is 2.56 bits per heavy atom. The van der Waals surface area contributed by atoms with Crippen LogP contribution in [0.4, 0.5) is 0 Å². The molecular formula is C19H26N4OS. The summed E-state index contributed by atoms with van der Waals surface area (Å²) in [6, 6.07) is 11.8. The van der Waals surface area contributed by atoms with Gasteiger partial charge in [0.2, 0.25) is 0 Å². The zero-order chi connectivity index (χ0) is 18.1.